The zero-order chi connectivity index (χ0) is 12.8. The number of hydrogen-bond acceptors (Lipinski definition) is 3. The van der Waals surface area contributed by atoms with Gasteiger partial charge in [-0.15, -0.1) is 0 Å². The zero-order valence-electron chi connectivity index (χ0n) is 10.4. The second kappa shape index (κ2) is 4.24. The summed E-state index contributed by atoms with van der Waals surface area (Å²) in [6.45, 7) is 2.99. The van der Waals surface area contributed by atoms with E-state index >= 15 is 0 Å². The Bertz CT molecular complexity index is 568. The van der Waals surface area contributed by atoms with Crippen LogP contribution < -0.4 is 10.0 Å². The highest BCUT2D eigenvalue weighted by atomic mass is 32.2. The number of rotatable bonds is 4. The third-order valence-corrected chi connectivity index (χ3v) is 5.34. The SMILES string of the molecule is CCC1CC1NS(=O)(=O)c1ccc2c(c1)CCN2. The molecule has 0 radical (unpaired) electrons. The number of hydrogen-bond donors (Lipinski definition) is 2. The minimum atomic E-state index is -3.34. The molecule has 2 unspecified atom stereocenters. The monoisotopic (exact) mass is 266 g/mol. The van der Waals surface area contributed by atoms with Crippen molar-refractivity contribution in [3.63, 3.8) is 0 Å². The van der Waals surface area contributed by atoms with Crippen molar-refractivity contribution in [3.8, 4) is 0 Å². The maximum absolute atomic E-state index is 12.2. The van der Waals surface area contributed by atoms with Crippen molar-refractivity contribution >= 4 is 15.7 Å². The van der Waals surface area contributed by atoms with Crippen LogP contribution >= 0.6 is 0 Å². The van der Waals surface area contributed by atoms with E-state index in [1.165, 1.54) is 0 Å². The van der Waals surface area contributed by atoms with E-state index in [9.17, 15) is 8.42 Å². The third-order valence-electron chi connectivity index (χ3n) is 3.85. The van der Waals surface area contributed by atoms with Gasteiger partial charge in [0.2, 0.25) is 10.0 Å². The van der Waals surface area contributed by atoms with Crippen LogP contribution in [0.5, 0.6) is 0 Å². The molecule has 3 rings (SSSR count). The van der Waals surface area contributed by atoms with Crippen LogP contribution in [0, 0.1) is 5.92 Å². The fraction of sp³-hybridized carbons (Fsp3) is 0.538. The van der Waals surface area contributed by atoms with Crippen molar-refractivity contribution in [1.82, 2.24) is 4.72 Å². The van der Waals surface area contributed by atoms with E-state index in [1.807, 2.05) is 6.07 Å². The summed E-state index contributed by atoms with van der Waals surface area (Å²) >= 11 is 0. The van der Waals surface area contributed by atoms with E-state index in [0.717, 1.165) is 37.1 Å². The molecule has 2 N–H and O–H groups in total. The highest BCUT2D eigenvalue weighted by Crippen LogP contribution is 2.34. The molecule has 2 aliphatic rings. The summed E-state index contributed by atoms with van der Waals surface area (Å²) in [4.78, 5) is 0.395. The van der Waals surface area contributed by atoms with Crippen molar-refractivity contribution in [1.29, 1.82) is 0 Å². The van der Waals surface area contributed by atoms with Crippen LogP contribution in [-0.4, -0.2) is 21.0 Å². The van der Waals surface area contributed by atoms with Crippen LogP contribution in [0.25, 0.3) is 0 Å². The first-order chi connectivity index (χ1) is 8.60. The summed E-state index contributed by atoms with van der Waals surface area (Å²) in [6, 6.07) is 5.48. The molecule has 0 saturated heterocycles. The van der Waals surface area contributed by atoms with Gasteiger partial charge in [0.1, 0.15) is 0 Å². The van der Waals surface area contributed by atoms with Crippen LogP contribution in [-0.2, 0) is 16.4 Å². The standard InChI is InChI=1S/C13H18N2O2S/c1-2-9-8-13(9)15-18(16,17)11-3-4-12-10(7-11)5-6-14-12/h3-4,7,9,13-15H,2,5-6,8H2,1H3. The average Bonchev–Trinajstić information content (AvgIpc) is 2.90. The molecule has 0 amide bonds. The van der Waals surface area contributed by atoms with Gasteiger partial charge in [0.25, 0.3) is 0 Å². The van der Waals surface area contributed by atoms with Crippen LogP contribution in [0.1, 0.15) is 25.3 Å². The average molecular weight is 266 g/mol. The number of fused-ring (bicyclic) bond motifs is 1. The number of anilines is 1. The normalized spacial score (nSPS) is 25.6. The Hall–Kier alpha value is -1.07. The second-order valence-corrected chi connectivity index (χ2v) is 6.84. The Morgan fingerprint density at radius 3 is 3.00 bits per heavy atom. The maximum Gasteiger partial charge on any atom is 0.240 e. The molecule has 18 heavy (non-hydrogen) atoms. The number of nitrogens with one attached hydrogen (secondary N) is 2. The molecule has 1 aromatic rings. The molecule has 1 fully saturated rings. The van der Waals surface area contributed by atoms with Gasteiger partial charge in [-0.2, -0.15) is 0 Å². The molecule has 1 aromatic carbocycles. The molecule has 2 atom stereocenters. The lowest BCUT2D eigenvalue weighted by atomic mass is 10.2. The predicted molar refractivity (Wildman–Crippen MR) is 71.1 cm³/mol. The summed E-state index contributed by atoms with van der Waals surface area (Å²) < 4.78 is 27.2. The highest BCUT2D eigenvalue weighted by Gasteiger charge is 2.38. The molecular weight excluding hydrogens is 248 g/mol. The van der Waals surface area contributed by atoms with Gasteiger partial charge in [0, 0.05) is 18.3 Å². The lowest BCUT2D eigenvalue weighted by Gasteiger charge is -2.08. The van der Waals surface area contributed by atoms with Gasteiger partial charge >= 0.3 is 0 Å². The fourth-order valence-corrected chi connectivity index (χ4v) is 3.93. The second-order valence-electron chi connectivity index (χ2n) is 5.13. The Labute approximate surface area is 108 Å². The Morgan fingerprint density at radius 1 is 1.44 bits per heavy atom. The van der Waals surface area contributed by atoms with Gasteiger partial charge in [-0.1, -0.05) is 13.3 Å². The molecule has 0 aromatic heterocycles. The van der Waals surface area contributed by atoms with Gasteiger partial charge in [-0.25, -0.2) is 13.1 Å². The molecule has 1 aliphatic carbocycles. The van der Waals surface area contributed by atoms with Crippen molar-refractivity contribution in [2.45, 2.75) is 37.1 Å². The molecule has 1 aliphatic heterocycles. The predicted octanol–water partition coefficient (Wildman–Crippen LogP) is 1.73. The molecule has 5 heteroatoms. The van der Waals surface area contributed by atoms with Crippen LogP contribution in [0.2, 0.25) is 0 Å². The van der Waals surface area contributed by atoms with Gasteiger partial charge in [0.15, 0.2) is 0 Å². The van der Waals surface area contributed by atoms with Gasteiger partial charge in [-0.3, -0.25) is 0 Å². The molecule has 98 valence electrons. The quantitative estimate of drug-likeness (QED) is 0.872. The summed E-state index contributed by atoms with van der Waals surface area (Å²) in [5.74, 6) is 0.524. The van der Waals surface area contributed by atoms with E-state index in [0.29, 0.717) is 10.8 Å². The summed E-state index contributed by atoms with van der Waals surface area (Å²) in [5, 5.41) is 3.23. The summed E-state index contributed by atoms with van der Waals surface area (Å²) in [6.07, 6.45) is 2.92. The Morgan fingerprint density at radius 2 is 2.28 bits per heavy atom. The number of benzene rings is 1. The van der Waals surface area contributed by atoms with Gasteiger partial charge < -0.3 is 5.32 Å². The van der Waals surface area contributed by atoms with E-state index in [1.54, 1.807) is 12.1 Å². The molecule has 1 saturated carbocycles. The first-order valence-electron chi connectivity index (χ1n) is 6.49. The smallest absolute Gasteiger partial charge is 0.240 e. The van der Waals surface area contributed by atoms with Crippen molar-refractivity contribution in [3.05, 3.63) is 23.8 Å². The van der Waals surface area contributed by atoms with E-state index in [-0.39, 0.29) is 6.04 Å². The summed E-state index contributed by atoms with van der Waals surface area (Å²) in [5.41, 5.74) is 2.16. The molecule has 0 bridgehead atoms. The number of sulfonamides is 1. The van der Waals surface area contributed by atoms with E-state index in [2.05, 4.69) is 17.0 Å². The lowest BCUT2D eigenvalue weighted by Crippen LogP contribution is -2.27. The first-order valence-corrected chi connectivity index (χ1v) is 7.97. The van der Waals surface area contributed by atoms with Gasteiger partial charge in [0.05, 0.1) is 4.90 Å². The van der Waals surface area contributed by atoms with Crippen LogP contribution in [0.15, 0.2) is 23.1 Å². The van der Waals surface area contributed by atoms with Crippen LogP contribution in [0.3, 0.4) is 0 Å². The van der Waals surface area contributed by atoms with E-state index in [4.69, 9.17) is 0 Å². The first kappa shape index (κ1) is 12.0. The maximum atomic E-state index is 12.2. The topological polar surface area (TPSA) is 58.2 Å². The highest BCUT2D eigenvalue weighted by molar-refractivity contribution is 7.89. The van der Waals surface area contributed by atoms with E-state index < -0.39 is 10.0 Å². The molecule has 1 heterocycles. The van der Waals surface area contributed by atoms with Crippen molar-refractivity contribution in [2.75, 3.05) is 11.9 Å². The van der Waals surface area contributed by atoms with Crippen LogP contribution in [0.4, 0.5) is 5.69 Å². The minimum Gasteiger partial charge on any atom is -0.384 e. The van der Waals surface area contributed by atoms with Gasteiger partial charge in [-0.05, 0) is 42.5 Å². The molecule has 0 spiro atoms. The lowest BCUT2D eigenvalue weighted by molar-refractivity contribution is 0.576. The Kier molecular flexibility index (Phi) is 2.83. The largest absolute Gasteiger partial charge is 0.384 e. The molecular formula is C13H18N2O2S. The van der Waals surface area contributed by atoms with Crippen molar-refractivity contribution in [2.24, 2.45) is 5.92 Å². The zero-order valence-corrected chi connectivity index (χ0v) is 11.3. The fourth-order valence-electron chi connectivity index (χ4n) is 2.56. The third kappa shape index (κ3) is 2.12. The van der Waals surface area contributed by atoms with Crippen molar-refractivity contribution < 1.29 is 8.42 Å². The minimum absolute atomic E-state index is 0.145. The summed E-state index contributed by atoms with van der Waals surface area (Å²) in [7, 11) is -3.34. The molecule has 4 nitrogen and oxygen atoms in total. The Balaban J connectivity index is 1.81.